The molecule has 20 heavy (non-hydrogen) atoms. The summed E-state index contributed by atoms with van der Waals surface area (Å²) in [5.41, 5.74) is 3.39. The van der Waals surface area contributed by atoms with E-state index in [9.17, 15) is 0 Å². The van der Waals surface area contributed by atoms with E-state index in [4.69, 9.17) is 0 Å². The van der Waals surface area contributed by atoms with Gasteiger partial charge < -0.3 is 4.90 Å². The van der Waals surface area contributed by atoms with E-state index in [1.54, 1.807) is 6.21 Å². The van der Waals surface area contributed by atoms with Crippen molar-refractivity contribution in [1.29, 1.82) is 0 Å². The van der Waals surface area contributed by atoms with Crippen LogP contribution in [0.25, 0.3) is 6.08 Å². The van der Waals surface area contributed by atoms with Crippen molar-refractivity contribution in [3.63, 3.8) is 0 Å². The quantitative estimate of drug-likeness (QED) is 0.457. The van der Waals surface area contributed by atoms with E-state index in [-0.39, 0.29) is 0 Å². The second-order valence-electron chi connectivity index (χ2n) is 4.47. The summed E-state index contributed by atoms with van der Waals surface area (Å²) in [5, 5.41) is 0. The third kappa shape index (κ3) is 5.93. The Labute approximate surface area is 127 Å². The predicted molar refractivity (Wildman–Crippen MR) is 95.3 cm³/mol. The first-order chi connectivity index (χ1) is 9.67. The van der Waals surface area contributed by atoms with E-state index in [0.29, 0.717) is 0 Å². The minimum Gasteiger partial charge on any atom is -0.378 e. The Bertz CT molecular complexity index is 496. The van der Waals surface area contributed by atoms with Crippen molar-refractivity contribution < 1.29 is 0 Å². The molecule has 0 aliphatic carbocycles. The highest BCUT2D eigenvalue weighted by molar-refractivity contribution is 7.80. The SMILES string of the molecule is C=CC(/C=C/c1ccc(N(C)C)cc1)=C\C=N\CCS. The van der Waals surface area contributed by atoms with Crippen molar-refractivity contribution in [3.05, 3.63) is 60.2 Å². The van der Waals surface area contributed by atoms with Crippen LogP contribution in [-0.2, 0) is 0 Å². The lowest BCUT2D eigenvalue weighted by atomic mass is 10.1. The molecule has 0 aliphatic heterocycles. The molecule has 0 aromatic heterocycles. The van der Waals surface area contributed by atoms with Crippen molar-refractivity contribution >= 4 is 30.6 Å². The maximum absolute atomic E-state index is 4.20. The number of anilines is 1. The number of benzene rings is 1. The zero-order chi connectivity index (χ0) is 14.8. The zero-order valence-electron chi connectivity index (χ0n) is 12.2. The Morgan fingerprint density at radius 3 is 2.55 bits per heavy atom. The summed E-state index contributed by atoms with van der Waals surface area (Å²) in [6.07, 6.45) is 9.66. The fourth-order valence-corrected chi connectivity index (χ4v) is 1.65. The maximum Gasteiger partial charge on any atom is 0.0477 e. The molecule has 1 aromatic carbocycles. The predicted octanol–water partition coefficient (Wildman–Crippen LogP) is 3.88. The summed E-state index contributed by atoms with van der Waals surface area (Å²) in [7, 11) is 4.07. The average molecular weight is 286 g/mol. The van der Waals surface area contributed by atoms with Crippen LogP contribution in [0.5, 0.6) is 0 Å². The number of allylic oxidation sites excluding steroid dienone is 4. The Balaban J connectivity index is 2.71. The third-order valence-corrected chi connectivity index (χ3v) is 2.91. The highest BCUT2D eigenvalue weighted by Gasteiger charge is 1.93. The largest absolute Gasteiger partial charge is 0.378 e. The Morgan fingerprint density at radius 1 is 1.30 bits per heavy atom. The highest BCUT2D eigenvalue weighted by Crippen LogP contribution is 2.14. The van der Waals surface area contributed by atoms with Gasteiger partial charge in [-0.3, -0.25) is 4.99 Å². The van der Waals surface area contributed by atoms with Gasteiger partial charge in [-0.15, -0.1) is 0 Å². The Morgan fingerprint density at radius 2 is 2.00 bits per heavy atom. The van der Waals surface area contributed by atoms with Crippen LogP contribution in [0.4, 0.5) is 5.69 Å². The van der Waals surface area contributed by atoms with E-state index >= 15 is 0 Å². The van der Waals surface area contributed by atoms with E-state index in [2.05, 4.69) is 59.4 Å². The van der Waals surface area contributed by atoms with Gasteiger partial charge >= 0.3 is 0 Å². The van der Waals surface area contributed by atoms with Crippen LogP contribution in [0.1, 0.15) is 5.56 Å². The van der Waals surface area contributed by atoms with Gasteiger partial charge in [0.05, 0.1) is 0 Å². The molecule has 0 amide bonds. The smallest absolute Gasteiger partial charge is 0.0477 e. The lowest BCUT2D eigenvalue weighted by molar-refractivity contribution is 1.13. The van der Waals surface area contributed by atoms with Crippen LogP contribution >= 0.6 is 12.6 Å². The topological polar surface area (TPSA) is 15.6 Å². The van der Waals surface area contributed by atoms with Gasteiger partial charge in [-0.25, -0.2) is 0 Å². The molecule has 2 nitrogen and oxygen atoms in total. The van der Waals surface area contributed by atoms with Crippen molar-refractivity contribution in [2.24, 2.45) is 4.99 Å². The highest BCUT2D eigenvalue weighted by atomic mass is 32.1. The molecular weight excluding hydrogens is 264 g/mol. The molecule has 0 N–H and O–H groups in total. The normalized spacial score (nSPS) is 12.2. The first kappa shape index (κ1) is 16.3. The molecule has 0 radical (unpaired) electrons. The van der Waals surface area contributed by atoms with E-state index in [0.717, 1.165) is 23.4 Å². The molecule has 0 heterocycles. The molecule has 0 atom stereocenters. The van der Waals surface area contributed by atoms with Gasteiger partial charge in [0, 0.05) is 38.3 Å². The van der Waals surface area contributed by atoms with E-state index in [1.165, 1.54) is 5.69 Å². The molecule has 0 saturated heterocycles. The molecule has 1 aromatic rings. The van der Waals surface area contributed by atoms with Crippen LogP contribution in [0, 0.1) is 0 Å². The second kappa shape index (κ2) is 9.21. The van der Waals surface area contributed by atoms with Gasteiger partial charge in [0.15, 0.2) is 0 Å². The first-order valence-corrected chi connectivity index (χ1v) is 7.19. The summed E-state index contributed by atoms with van der Waals surface area (Å²) < 4.78 is 0. The van der Waals surface area contributed by atoms with Gasteiger partial charge in [0.2, 0.25) is 0 Å². The molecular formula is C17H22N2S. The molecule has 0 unspecified atom stereocenters. The van der Waals surface area contributed by atoms with Crippen molar-refractivity contribution in [2.75, 3.05) is 31.3 Å². The zero-order valence-corrected chi connectivity index (χ0v) is 13.1. The molecule has 1 rings (SSSR count). The number of aliphatic imine (C=N–C) groups is 1. The fraction of sp³-hybridized carbons (Fsp3) is 0.235. The van der Waals surface area contributed by atoms with Gasteiger partial charge in [-0.1, -0.05) is 36.9 Å². The van der Waals surface area contributed by atoms with Gasteiger partial charge in [-0.2, -0.15) is 12.6 Å². The number of thiol groups is 1. The van der Waals surface area contributed by atoms with E-state index in [1.807, 2.05) is 32.3 Å². The Hall–Kier alpha value is -1.74. The monoisotopic (exact) mass is 286 g/mol. The van der Waals surface area contributed by atoms with Crippen LogP contribution < -0.4 is 4.90 Å². The molecule has 0 fully saturated rings. The molecule has 3 heteroatoms. The van der Waals surface area contributed by atoms with Crippen LogP contribution in [-0.4, -0.2) is 32.6 Å². The van der Waals surface area contributed by atoms with Crippen molar-refractivity contribution in [3.8, 4) is 0 Å². The lowest BCUT2D eigenvalue weighted by Gasteiger charge is -2.11. The molecule has 0 saturated carbocycles. The van der Waals surface area contributed by atoms with Crippen molar-refractivity contribution in [2.45, 2.75) is 0 Å². The molecule has 0 aliphatic rings. The minimum atomic E-state index is 0.736. The fourth-order valence-electron chi connectivity index (χ4n) is 1.54. The summed E-state index contributed by atoms with van der Waals surface area (Å²) in [6, 6.07) is 8.40. The Kier molecular flexibility index (Phi) is 7.51. The number of nitrogens with zero attached hydrogens (tertiary/aromatic N) is 2. The van der Waals surface area contributed by atoms with Crippen LogP contribution in [0.2, 0.25) is 0 Å². The summed E-state index contributed by atoms with van der Waals surface area (Å²) >= 11 is 4.11. The maximum atomic E-state index is 4.20. The van der Waals surface area contributed by atoms with Crippen molar-refractivity contribution in [1.82, 2.24) is 0 Å². The van der Waals surface area contributed by atoms with Crippen LogP contribution in [0.3, 0.4) is 0 Å². The standard InChI is InChI=1S/C17H22N2S/c1-4-15(11-12-18-13-14-20)5-6-16-7-9-17(10-8-16)19(2)3/h4-12,20H,1,13-14H2,2-3H3/b6-5+,15-11+,18-12+. The second-order valence-corrected chi connectivity index (χ2v) is 4.92. The minimum absolute atomic E-state index is 0.736. The first-order valence-electron chi connectivity index (χ1n) is 6.56. The third-order valence-electron chi connectivity index (χ3n) is 2.71. The number of hydrogen-bond donors (Lipinski definition) is 1. The molecule has 0 bridgehead atoms. The van der Waals surface area contributed by atoms with Gasteiger partial charge in [0.25, 0.3) is 0 Å². The van der Waals surface area contributed by atoms with Gasteiger partial charge in [0.1, 0.15) is 0 Å². The summed E-state index contributed by atoms with van der Waals surface area (Å²) in [5.74, 6) is 0.766. The summed E-state index contributed by atoms with van der Waals surface area (Å²) in [6.45, 7) is 4.54. The molecule has 0 spiro atoms. The average Bonchev–Trinajstić information content (AvgIpc) is 2.47. The number of hydrogen-bond acceptors (Lipinski definition) is 3. The van der Waals surface area contributed by atoms with E-state index < -0.39 is 0 Å². The summed E-state index contributed by atoms with van der Waals surface area (Å²) in [4.78, 5) is 6.28. The van der Waals surface area contributed by atoms with Gasteiger partial charge in [-0.05, 0) is 29.3 Å². The number of rotatable bonds is 7. The lowest BCUT2D eigenvalue weighted by Crippen LogP contribution is -2.07. The van der Waals surface area contributed by atoms with Crippen LogP contribution in [0.15, 0.2) is 59.6 Å². The molecule has 106 valence electrons.